The molecule has 0 amide bonds. The van der Waals surface area contributed by atoms with Crippen LogP contribution in [0.5, 0.6) is 0 Å². The number of hydrogen-bond acceptors (Lipinski definition) is 5. The van der Waals surface area contributed by atoms with Gasteiger partial charge in [-0.3, -0.25) is 0 Å². The van der Waals surface area contributed by atoms with Gasteiger partial charge in [-0.2, -0.15) is 0 Å². The zero-order valence-electron chi connectivity index (χ0n) is 14.9. The van der Waals surface area contributed by atoms with Gasteiger partial charge in [0.25, 0.3) is 0 Å². The average Bonchev–Trinajstić information content (AvgIpc) is 2.60. The Balaban J connectivity index is 1.85. The van der Waals surface area contributed by atoms with Crippen molar-refractivity contribution in [3.63, 3.8) is 0 Å². The van der Waals surface area contributed by atoms with Crippen LogP contribution in [-0.4, -0.2) is 46.6 Å². The fourth-order valence-corrected chi connectivity index (χ4v) is 5.46. The van der Waals surface area contributed by atoms with Gasteiger partial charge in [0, 0.05) is 22.3 Å². The first-order valence-electron chi connectivity index (χ1n) is 8.75. The van der Waals surface area contributed by atoms with Crippen molar-refractivity contribution in [2.45, 2.75) is 30.6 Å². The maximum Gasteiger partial charge on any atom is 0.241 e. The lowest BCUT2D eigenvalue weighted by atomic mass is 10.1. The van der Waals surface area contributed by atoms with Crippen LogP contribution in [-0.2, 0) is 19.9 Å². The molecule has 0 aliphatic rings. The fourth-order valence-electron chi connectivity index (χ4n) is 2.80. The van der Waals surface area contributed by atoms with Crippen molar-refractivity contribution < 1.29 is 21.9 Å². The molecule has 2 rings (SSSR count). The molecule has 0 fully saturated rings. The van der Waals surface area contributed by atoms with Crippen molar-refractivity contribution in [3.8, 4) is 0 Å². The highest BCUT2D eigenvalue weighted by Crippen LogP contribution is 2.28. The van der Waals surface area contributed by atoms with Crippen LogP contribution < -0.4 is 4.72 Å². The summed E-state index contributed by atoms with van der Waals surface area (Å²) in [6.07, 6.45) is 2.54. The number of fused-ring (bicyclic) bond motifs is 1. The molecule has 0 atom stereocenters. The van der Waals surface area contributed by atoms with E-state index in [-0.39, 0.29) is 29.6 Å². The molecular weight excluding hydrogens is 410 g/mol. The Kier molecular flexibility index (Phi) is 8.05. The largest absolute Gasteiger partial charge is 0.395 e. The van der Waals surface area contributed by atoms with Gasteiger partial charge in [-0.25, -0.2) is 21.6 Å². The van der Waals surface area contributed by atoms with Gasteiger partial charge in [-0.1, -0.05) is 48.7 Å². The van der Waals surface area contributed by atoms with E-state index in [2.05, 4.69) is 4.72 Å². The van der Waals surface area contributed by atoms with E-state index in [0.29, 0.717) is 35.1 Å². The number of aliphatic hydroxyl groups is 1. The zero-order valence-corrected chi connectivity index (χ0v) is 17.3. The number of sulfonamides is 1. The van der Waals surface area contributed by atoms with Crippen LogP contribution in [0, 0.1) is 0 Å². The average molecular weight is 434 g/mol. The lowest BCUT2D eigenvalue weighted by Gasteiger charge is -2.10. The maximum absolute atomic E-state index is 12.6. The summed E-state index contributed by atoms with van der Waals surface area (Å²) in [5.74, 6) is -0.155. The minimum absolute atomic E-state index is 0.0516. The first kappa shape index (κ1) is 22.1. The first-order chi connectivity index (χ1) is 12.8. The second kappa shape index (κ2) is 9.84. The molecule has 150 valence electrons. The minimum Gasteiger partial charge on any atom is -0.395 e. The highest BCUT2D eigenvalue weighted by Gasteiger charge is 2.17. The number of sulfone groups is 1. The first-order valence-corrected chi connectivity index (χ1v) is 12.4. The molecule has 0 heterocycles. The summed E-state index contributed by atoms with van der Waals surface area (Å²) in [5, 5.41) is 10.4. The van der Waals surface area contributed by atoms with Crippen molar-refractivity contribution in [2.75, 3.05) is 24.7 Å². The molecule has 2 aromatic carbocycles. The van der Waals surface area contributed by atoms with E-state index < -0.39 is 19.9 Å². The molecule has 6 nitrogen and oxygen atoms in total. The Morgan fingerprint density at radius 3 is 2.26 bits per heavy atom. The van der Waals surface area contributed by atoms with Crippen LogP contribution >= 0.6 is 11.6 Å². The molecule has 0 saturated carbocycles. The number of rotatable bonds is 11. The normalized spacial score (nSPS) is 12.5. The lowest BCUT2D eigenvalue weighted by Crippen LogP contribution is -2.25. The molecule has 0 aliphatic carbocycles. The number of nitrogens with one attached hydrogen (secondary N) is 1. The summed E-state index contributed by atoms with van der Waals surface area (Å²) in [5.41, 5.74) is 0. The Hall–Kier alpha value is -1.19. The zero-order chi connectivity index (χ0) is 19.9. The Bertz CT molecular complexity index is 974. The van der Waals surface area contributed by atoms with E-state index in [1.54, 1.807) is 36.4 Å². The molecule has 0 bridgehead atoms. The van der Waals surface area contributed by atoms with Crippen LogP contribution in [0.4, 0.5) is 0 Å². The van der Waals surface area contributed by atoms with Crippen LogP contribution in [0.1, 0.15) is 25.7 Å². The predicted molar refractivity (Wildman–Crippen MR) is 108 cm³/mol. The van der Waals surface area contributed by atoms with Gasteiger partial charge in [-0.05, 0) is 25.0 Å². The lowest BCUT2D eigenvalue weighted by molar-refractivity contribution is 0.319. The molecule has 0 aliphatic heterocycles. The molecule has 9 heteroatoms. The quantitative estimate of drug-likeness (QED) is 0.530. The van der Waals surface area contributed by atoms with Crippen LogP contribution in [0.25, 0.3) is 10.8 Å². The van der Waals surface area contributed by atoms with Gasteiger partial charge in [-0.15, -0.1) is 0 Å². The van der Waals surface area contributed by atoms with Gasteiger partial charge in [0.05, 0.1) is 23.0 Å². The highest BCUT2D eigenvalue weighted by atomic mass is 35.5. The highest BCUT2D eigenvalue weighted by molar-refractivity contribution is 7.91. The SMILES string of the molecule is O=S(=O)(CCO)CCCCCCNS(=O)(=O)c1cccc2c(Cl)cccc12. The van der Waals surface area contributed by atoms with Crippen molar-refractivity contribution in [1.29, 1.82) is 0 Å². The predicted octanol–water partition coefficient (Wildman–Crippen LogP) is 2.74. The monoisotopic (exact) mass is 433 g/mol. The third-order valence-electron chi connectivity index (χ3n) is 4.19. The van der Waals surface area contributed by atoms with Crippen molar-refractivity contribution in [1.82, 2.24) is 4.72 Å². The van der Waals surface area contributed by atoms with Gasteiger partial charge in [0.1, 0.15) is 0 Å². The van der Waals surface area contributed by atoms with Crippen LogP contribution in [0.2, 0.25) is 5.02 Å². The maximum atomic E-state index is 12.6. The third kappa shape index (κ3) is 6.43. The molecule has 0 unspecified atom stereocenters. The summed E-state index contributed by atoms with van der Waals surface area (Å²) in [4.78, 5) is 0.192. The molecule has 27 heavy (non-hydrogen) atoms. The second-order valence-electron chi connectivity index (χ2n) is 6.28. The number of aliphatic hydroxyl groups excluding tert-OH is 1. The molecule has 0 aromatic heterocycles. The molecule has 0 spiro atoms. The Morgan fingerprint density at radius 2 is 1.52 bits per heavy atom. The fraction of sp³-hybridized carbons (Fsp3) is 0.444. The van der Waals surface area contributed by atoms with Gasteiger partial charge < -0.3 is 5.11 Å². The number of unbranched alkanes of at least 4 members (excludes halogenated alkanes) is 3. The molecule has 0 radical (unpaired) electrons. The van der Waals surface area contributed by atoms with Crippen molar-refractivity contribution >= 4 is 42.2 Å². The van der Waals surface area contributed by atoms with E-state index in [9.17, 15) is 16.8 Å². The van der Waals surface area contributed by atoms with Gasteiger partial charge in [0.15, 0.2) is 9.84 Å². The minimum atomic E-state index is -3.66. The van der Waals surface area contributed by atoms with Crippen LogP contribution in [0.15, 0.2) is 41.3 Å². The molecular formula is C18H24ClNO5S2. The van der Waals surface area contributed by atoms with Gasteiger partial charge in [0.2, 0.25) is 10.0 Å². The van der Waals surface area contributed by atoms with E-state index in [4.69, 9.17) is 16.7 Å². The summed E-state index contributed by atoms with van der Waals surface area (Å²) in [6.45, 7) is -0.0772. The van der Waals surface area contributed by atoms with Gasteiger partial charge >= 0.3 is 0 Å². The summed E-state index contributed by atoms with van der Waals surface area (Å²) in [7, 11) is -6.84. The Morgan fingerprint density at radius 1 is 0.852 bits per heavy atom. The third-order valence-corrected chi connectivity index (χ3v) is 7.76. The number of hydrogen-bond donors (Lipinski definition) is 2. The molecule has 0 saturated heterocycles. The topological polar surface area (TPSA) is 101 Å². The van der Waals surface area contributed by atoms with Crippen LogP contribution in [0.3, 0.4) is 0 Å². The van der Waals surface area contributed by atoms with Crippen molar-refractivity contribution in [3.05, 3.63) is 41.4 Å². The van der Waals surface area contributed by atoms with E-state index in [0.717, 1.165) is 6.42 Å². The standard InChI is InChI=1S/C18H24ClNO5S2/c19-17-9-5-8-16-15(17)7-6-10-18(16)27(24,25)20-11-3-1-2-4-13-26(22,23)14-12-21/h5-10,20-21H,1-4,11-14H2. The van der Waals surface area contributed by atoms with Crippen molar-refractivity contribution in [2.24, 2.45) is 0 Å². The van der Waals surface area contributed by atoms with E-state index in [1.165, 1.54) is 0 Å². The summed E-state index contributed by atoms with van der Waals surface area (Å²) < 4.78 is 50.7. The summed E-state index contributed by atoms with van der Waals surface area (Å²) in [6, 6.07) is 10.1. The summed E-state index contributed by atoms with van der Waals surface area (Å²) >= 11 is 6.13. The van der Waals surface area contributed by atoms with E-state index in [1.807, 2.05) is 0 Å². The molecule has 2 N–H and O–H groups in total. The Labute approximate surface area is 165 Å². The second-order valence-corrected chi connectivity index (χ2v) is 10.7. The van der Waals surface area contributed by atoms with E-state index >= 15 is 0 Å². The smallest absolute Gasteiger partial charge is 0.241 e. The molecule has 2 aromatic rings. The number of benzene rings is 2. The number of halogens is 1.